The summed E-state index contributed by atoms with van der Waals surface area (Å²) in [6.45, 7) is 8.97. The Morgan fingerprint density at radius 2 is 1.55 bits per heavy atom. The smallest absolute Gasteiger partial charge is 0.269 e. The van der Waals surface area contributed by atoms with Gasteiger partial charge in [-0.25, -0.2) is 0 Å². The highest BCUT2D eigenvalue weighted by Crippen LogP contribution is 2.41. The van der Waals surface area contributed by atoms with Crippen molar-refractivity contribution in [3.63, 3.8) is 0 Å². The van der Waals surface area contributed by atoms with Crippen molar-refractivity contribution >= 4 is 46.2 Å². The molecule has 6 rings (SSSR count). The molecular formula is C43H62N6O7. The minimum atomic E-state index is -1.42. The van der Waals surface area contributed by atoms with Gasteiger partial charge in [-0.15, -0.1) is 0 Å². The summed E-state index contributed by atoms with van der Waals surface area (Å²) in [4.78, 5) is 88.3. The zero-order valence-corrected chi connectivity index (χ0v) is 33.7. The van der Waals surface area contributed by atoms with E-state index in [0.29, 0.717) is 30.2 Å². The largest absolute Gasteiger partial charge is 0.381 e. The van der Waals surface area contributed by atoms with Crippen LogP contribution in [0.5, 0.6) is 0 Å². The molecule has 0 bridgehead atoms. The molecular weight excluding hydrogens is 713 g/mol. The van der Waals surface area contributed by atoms with Crippen molar-refractivity contribution in [2.45, 2.75) is 167 Å². The fourth-order valence-electron chi connectivity index (χ4n) is 9.39. The second-order valence-corrected chi connectivity index (χ2v) is 17.9. The van der Waals surface area contributed by atoms with Gasteiger partial charge in [0.05, 0.1) is 11.6 Å². The molecule has 7 atom stereocenters. The number of likely N-dealkylation sites (tertiary alicyclic amines) is 1. The summed E-state index contributed by atoms with van der Waals surface area (Å²) in [6, 6.07) is 3.41. The highest BCUT2D eigenvalue weighted by Gasteiger charge is 2.51. The van der Waals surface area contributed by atoms with Crippen molar-refractivity contribution in [2.24, 2.45) is 17.3 Å². The number of ketones is 1. The number of aliphatic hydroxyl groups excluding tert-OH is 1. The molecule has 0 radical (unpaired) electrons. The number of rotatable bonds is 14. The van der Waals surface area contributed by atoms with Gasteiger partial charge >= 0.3 is 0 Å². The number of hydrogen-bond donors (Lipinski definition) is 6. The summed E-state index contributed by atoms with van der Waals surface area (Å²) < 4.78 is 0. The van der Waals surface area contributed by atoms with Gasteiger partial charge in [-0.05, 0) is 81.6 Å². The van der Waals surface area contributed by atoms with Crippen LogP contribution in [0.2, 0.25) is 0 Å². The summed E-state index contributed by atoms with van der Waals surface area (Å²) in [5.74, 6) is -2.66. The highest BCUT2D eigenvalue weighted by atomic mass is 16.3. The van der Waals surface area contributed by atoms with Gasteiger partial charge in [0.1, 0.15) is 23.8 Å². The Balaban J connectivity index is 1.26. The lowest BCUT2D eigenvalue weighted by molar-refractivity contribution is -0.147. The molecule has 2 aromatic rings. The Morgan fingerprint density at radius 1 is 0.875 bits per heavy atom. The van der Waals surface area contributed by atoms with Gasteiger partial charge in [-0.3, -0.25) is 28.8 Å². The Hall–Kier alpha value is -4.26. The Bertz CT molecular complexity index is 1790. The molecule has 1 saturated heterocycles. The van der Waals surface area contributed by atoms with Crippen LogP contribution in [0.4, 0.5) is 0 Å². The molecule has 306 valence electrons. The van der Waals surface area contributed by atoms with E-state index in [-0.39, 0.29) is 46.9 Å². The fourth-order valence-corrected chi connectivity index (χ4v) is 9.39. The molecule has 7 unspecified atom stereocenters. The maximum absolute atomic E-state index is 15.0. The number of carbonyl (C=O) groups excluding carboxylic acids is 6. The molecule has 1 aliphatic heterocycles. The third-order valence-electron chi connectivity index (χ3n) is 12.5. The molecule has 13 heteroatoms. The van der Waals surface area contributed by atoms with Crippen molar-refractivity contribution in [3.8, 4) is 0 Å². The van der Waals surface area contributed by atoms with Crippen LogP contribution >= 0.6 is 0 Å². The standard InChI is InChI=1S/C43H62N6O7/c1-6-14-30(36(51)41(55)44-27-21-22-27)46-38(52)32-23-26-17-10-13-20-31(26)49(32)42(56)37(43(3,4)5)48-39(53)34(25-15-8-7-9-16-25)47-40(54)35-33(24(2)50)28-18-11-12-19-29(28)45-35/h11-12,18-19,25-27,30-32,34,36-37,45,51H,6-10,13-17,20-23H2,1-5H3,(H,44,55)(H,46,52)(H,47,54)(H,48,53). The zero-order chi connectivity index (χ0) is 40.3. The van der Waals surface area contributed by atoms with Gasteiger partial charge in [-0.2, -0.15) is 0 Å². The molecule has 13 nitrogen and oxygen atoms in total. The number of nitrogens with zero attached hydrogens (tertiary/aromatic N) is 1. The van der Waals surface area contributed by atoms with E-state index in [0.717, 1.165) is 70.6 Å². The predicted molar refractivity (Wildman–Crippen MR) is 213 cm³/mol. The topological polar surface area (TPSA) is 190 Å². The molecule has 4 aliphatic rings. The Morgan fingerprint density at radius 3 is 2.21 bits per heavy atom. The van der Waals surface area contributed by atoms with E-state index >= 15 is 4.79 Å². The number of fused-ring (bicyclic) bond motifs is 2. The van der Waals surface area contributed by atoms with Crippen molar-refractivity contribution < 1.29 is 33.9 Å². The number of aromatic amines is 1. The number of carbonyl (C=O) groups is 6. The van der Waals surface area contributed by atoms with Crippen LogP contribution in [0.25, 0.3) is 10.9 Å². The summed E-state index contributed by atoms with van der Waals surface area (Å²) in [5, 5.41) is 23.5. The molecule has 3 aliphatic carbocycles. The van der Waals surface area contributed by atoms with Crippen molar-refractivity contribution in [2.75, 3.05) is 0 Å². The van der Waals surface area contributed by atoms with E-state index in [1.54, 1.807) is 23.1 Å². The van der Waals surface area contributed by atoms with Gasteiger partial charge in [0.25, 0.3) is 11.8 Å². The van der Waals surface area contributed by atoms with Gasteiger partial charge in [0.15, 0.2) is 11.9 Å². The number of benzene rings is 1. The van der Waals surface area contributed by atoms with E-state index < -0.39 is 59.3 Å². The molecule has 1 aromatic heterocycles. The number of nitrogens with one attached hydrogen (secondary N) is 5. The van der Waals surface area contributed by atoms with E-state index in [9.17, 15) is 29.1 Å². The average Bonchev–Trinajstić information content (AvgIpc) is 3.76. The van der Waals surface area contributed by atoms with E-state index in [1.807, 2.05) is 33.8 Å². The minimum absolute atomic E-state index is 0.0587. The number of aliphatic hydroxyl groups is 1. The average molecular weight is 775 g/mol. The Kier molecular flexibility index (Phi) is 12.9. The lowest BCUT2D eigenvalue weighted by Crippen LogP contribution is -2.63. The second-order valence-electron chi connectivity index (χ2n) is 17.9. The summed E-state index contributed by atoms with van der Waals surface area (Å²) in [5.41, 5.74) is 0.229. The van der Waals surface area contributed by atoms with Crippen molar-refractivity contribution in [1.82, 2.24) is 31.2 Å². The van der Waals surface area contributed by atoms with Crippen LogP contribution < -0.4 is 21.3 Å². The quantitative estimate of drug-likeness (QED) is 0.151. The summed E-state index contributed by atoms with van der Waals surface area (Å²) >= 11 is 0. The first kappa shape index (κ1) is 41.4. The predicted octanol–water partition coefficient (Wildman–Crippen LogP) is 4.66. The SMILES string of the molecule is CCCC(NC(=O)C1CC2CCCCC2N1C(=O)C(NC(=O)C(NC(=O)c1[nH]c2ccccc2c1C(C)=O)C1CCCCC1)C(C)(C)C)C(O)C(=O)NC1CC1. The number of aromatic nitrogens is 1. The number of para-hydroxylation sites is 1. The van der Waals surface area contributed by atoms with Gasteiger partial charge in [0.2, 0.25) is 17.7 Å². The van der Waals surface area contributed by atoms with Crippen molar-refractivity contribution in [3.05, 3.63) is 35.5 Å². The summed E-state index contributed by atoms with van der Waals surface area (Å²) in [7, 11) is 0. The highest BCUT2D eigenvalue weighted by molar-refractivity contribution is 6.16. The maximum atomic E-state index is 15.0. The first-order valence-electron chi connectivity index (χ1n) is 21.0. The molecule has 1 aromatic carbocycles. The molecule has 5 amide bonds. The maximum Gasteiger partial charge on any atom is 0.269 e. The number of H-pyrrole nitrogens is 1. The first-order valence-corrected chi connectivity index (χ1v) is 21.0. The number of Topliss-reactive ketones (excluding diaryl/α,β-unsaturated/α-hetero) is 1. The van der Waals surface area contributed by atoms with Gasteiger partial charge in [0, 0.05) is 23.0 Å². The monoisotopic (exact) mass is 774 g/mol. The molecule has 56 heavy (non-hydrogen) atoms. The van der Waals surface area contributed by atoms with E-state index in [2.05, 4.69) is 26.3 Å². The van der Waals surface area contributed by atoms with Crippen LogP contribution in [-0.4, -0.2) is 92.7 Å². The van der Waals surface area contributed by atoms with Gasteiger partial charge < -0.3 is 36.3 Å². The van der Waals surface area contributed by atoms with Crippen LogP contribution in [0.1, 0.15) is 145 Å². The fraction of sp³-hybridized carbons (Fsp3) is 0.674. The van der Waals surface area contributed by atoms with E-state index in [1.165, 1.54) is 6.92 Å². The first-order chi connectivity index (χ1) is 26.7. The lowest BCUT2D eigenvalue weighted by Gasteiger charge is -2.40. The molecule has 3 saturated carbocycles. The Labute approximate surface area is 330 Å². The lowest BCUT2D eigenvalue weighted by atomic mass is 9.81. The van der Waals surface area contributed by atoms with Crippen LogP contribution in [-0.2, 0) is 19.2 Å². The zero-order valence-electron chi connectivity index (χ0n) is 33.7. The minimum Gasteiger partial charge on any atom is -0.381 e. The molecule has 4 fully saturated rings. The van der Waals surface area contributed by atoms with Crippen LogP contribution in [0.3, 0.4) is 0 Å². The normalized spacial score (nSPS) is 23.7. The van der Waals surface area contributed by atoms with Crippen LogP contribution in [0.15, 0.2) is 24.3 Å². The van der Waals surface area contributed by atoms with Crippen molar-refractivity contribution in [1.29, 1.82) is 0 Å². The number of amides is 5. The van der Waals surface area contributed by atoms with Crippen LogP contribution in [0, 0.1) is 17.3 Å². The number of hydrogen-bond acceptors (Lipinski definition) is 7. The third kappa shape index (κ3) is 9.13. The molecule has 2 heterocycles. The molecule has 0 spiro atoms. The molecule has 6 N–H and O–H groups in total. The van der Waals surface area contributed by atoms with E-state index in [4.69, 9.17) is 0 Å². The third-order valence-corrected chi connectivity index (χ3v) is 12.5. The second kappa shape index (κ2) is 17.5. The van der Waals surface area contributed by atoms with Gasteiger partial charge in [-0.1, -0.05) is 84.4 Å². The summed E-state index contributed by atoms with van der Waals surface area (Å²) in [6.07, 6.45) is 9.60.